The van der Waals surface area contributed by atoms with Gasteiger partial charge in [0, 0.05) is 7.11 Å². The van der Waals surface area contributed by atoms with Crippen molar-refractivity contribution in [3.63, 3.8) is 0 Å². The summed E-state index contributed by atoms with van der Waals surface area (Å²) in [7, 11) is -0.225. The lowest BCUT2D eigenvalue weighted by Crippen LogP contribution is -2.46. The summed E-state index contributed by atoms with van der Waals surface area (Å²) in [5.41, 5.74) is 0. The van der Waals surface area contributed by atoms with Gasteiger partial charge >= 0.3 is 0 Å². The van der Waals surface area contributed by atoms with Gasteiger partial charge in [-0.25, -0.2) is 0 Å². The lowest BCUT2D eigenvalue weighted by molar-refractivity contribution is -0.166. The molecule has 1 N–H and O–H groups in total. The van der Waals surface area contributed by atoms with Crippen LogP contribution < -0.4 is 0 Å². The first-order valence-electron chi connectivity index (χ1n) is 6.36. The maximum Gasteiger partial charge on any atom is 0.192 e. The molecule has 0 spiro atoms. The van der Waals surface area contributed by atoms with E-state index in [9.17, 15) is 5.11 Å². The summed E-state index contributed by atoms with van der Waals surface area (Å²) in [5.74, 6) is 0. The molecule has 5 heteroatoms. The summed E-state index contributed by atoms with van der Waals surface area (Å²) < 4.78 is 16.8. The van der Waals surface area contributed by atoms with Crippen molar-refractivity contribution < 1.29 is 19.0 Å². The summed E-state index contributed by atoms with van der Waals surface area (Å²) in [4.78, 5) is 0. The number of hydrogen-bond acceptors (Lipinski definition) is 4. The molecule has 0 aromatic carbocycles. The van der Waals surface area contributed by atoms with Gasteiger partial charge in [0.05, 0.1) is 6.61 Å². The van der Waals surface area contributed by atoms with Crippen molar-refractivity contribution in [1.29, 1.82) is 0 Å². The van der Waals surface area contributed by atoms with Crippen LogP contribution in [0, 0.1) is 0 Å². The normalized spacial score (nSPS) is 29.6. The molecule has 0 saturated carbocycles. The van der Waals surface area contributed by atoms with Crippen molar-refractivity contribution >= 4 is 8.32 Å². The molecule has 0 fully saturated rings. The Bertz CT molecular complexity index is 296. The van der Waals surface area contributed by atoms with Crippen molar-refractivity contribution in [3.8, 4) is 0 Å². The first-order chi connectivity index (χ1) is 8.17. The molecule has 0 radical (unpaired) electrons. The molecule has 1 aliphatic rings. The van der Waals surface area contributed by atoms with Crippen LogP contribution in [0.5, 0.6) is 0 Å². The smallest absolute Gasteiger partial charge is 0.192 e. The van der Waals surface area contributed by atoms with Crippen molar-refractivity contribution in [2.45, 2.75) is 57.4 Å². The fourth-order valence-corrected chi connectivity index (χ4v) is 2.42. The van der Waals surface area contributed by atoms with Crippen LogP contribution in [0.1, 0.15) is 20.8 Å². The van der Waals surface area contributed by atoms with Gasteiger partial charge in [-0.1, -0.05) is 26.8 Å². The van der Waals surface area contributed by atoms with E-state index in [1.165, 1.54) is 0 Å². The van der Waals surface area contributed by atoms with E-state index < -0.39 is 14.4 Å². The first kappa shape index (κ1) is 15.9. The number of aliphatic hydroxyl groups excluding tert-OH is 1. The molecule has 106 valence electrons. The van der Waals surface area contributed by atoms with Crippen molar-refractivity contribution in [2.75, 3.05) is 13.7 Å². The molecule has 1 aliphatic heterocycles. The minimum absolute atomic E-state index is 0.156. The van der Waals surface area contributed by atoms with Crippen molar-refractivity contribution in [1.82, 2.24) is 0 Å². The van der Waals surface area contributed by atoms with Gasteiger partial charge in [0.25, 0.3) is 0 Å². The van der Waals surface area contributed by atoms with E-state index in [1.54, 1.807) is 19.3 Å². The summed E-state index contributed by atoms with van der Waals surface area (Å²) in [6, 6.07) is 0. The van der Waals surface area contributed by atoms with E-state index >= 15 is 0 Å². The standard InChI is InChI=1S/C13H26O4Si/c1-13(2,3)18(5,6)16-9-11-10(14)7-8-12(15-4)17-11/h7-8,10-12,14H,9H2,1-6H3/t10-,11+,12?/m0/s1. The molecule has 0 bridgehead atoms. The highest BCUT2D eigenvalue weighted by atomic mass is 28.4. The van der Waals surface area contributed by atoms with E-state index in [-0.39, 0.29) is 17.4 Å². The Morgan fingerprint density at radius 3 is 2.39 bits per heavy atom. The molecule has 0 amide bonds. The highest BCUT2D eigenvalue weighted by Crippen LogP contribution is 2.36. The second-order valence-electron chi connectivity index (χ2n) is 6.23. The highest BCUT2D eigenvalue weighted by molar-refractivity contribution is 6.74. The lowest BCUT2D eigenvalue weighted by Gasteiger charge is -2.38. The second kappa shape index (κ2) is 5.84. The third-order valence-corrected chi connectivity index (χ3v) is 8.30. The number of methoxy groups -OCH3 is 1. The lowest BCUT2D eigenvalue weighted by atomic mass is 10.1. The molecule has 18 heavy (non-hydrogen) atoms. The van der Waals surface area contributed by atoms with Crippen LogP contribution in [0.3, 0.4) is 0 Å². The summed E-state index contributed by atoms with van der Waals surface area (Å²) in [5, 5.41) is 10.0. The molecule has 3 atom stereocenters. The second-order valence-corrected chi connectivity index (χ2v) is 11.0. The van der Waals surface area contributed by atoms with Crippen LogP contribution in [-0.4, -0.2) is 45.6 Å². The van der Waals surface area contributed by atoms with E-state index in [2.05, 4.69) is 33.9 Å². The van der Waals surface area contributed by atoms with Gasteiger partial charge in [-0.15, -0.1) is 0 Å². The molecule has 1 unspecified atom stereocenters. The van der Waals surface area contributed by atoms with E-state index in [0.29, 0.717) is 6.61 Å². The molecule has 0 aromatic rings. The van der Waals surface area contributed by atoms with Crippen LogP contribution in [0.4, 0.5) is 0 Å². The van der Waals surface area contributed by atoms with Gasteiger partial charge in [-0.3, -0.25) is 0 Å². The quantitative estimate of drug-likeness (QED) is 0.631. The van der Waals surface area contributed by atoms with E-state index in [0.717, 1.165) is 0 Å². The Hall–Kier alpha value is -0.203. The number of aliphatic hydroxyl groups is 1. The average molecular weight is 274 g/mol. The molecule has 1 rings (SSSR count). The van der Waals surface area contributed by atoms with Crippen LogP contribution in [0.15, 0.2) is 12.2 Å². The zero-order chi connectivity index (χ0) is 14.0. The zero-order valence-corrected chi connectivity index (χ0v) is 13.3. The van der Waals surface area contributed by atoms with Crippen LogP contribution in [0.2, 0.25) is 18.1 Å². The monoisotopic (exact) mass is 274 g/mol. The fourth-order valence-electron chi connectivity index (χ4n) is 1.41. The maximum atomic E-state index is 9.85. The summed E-state index contributed by atoms with van der Waals surface area (Å²) in [6.45, 7) is 11.3. The molecule has 0 aliphatic carbocycles. The predicted octanol–water partition coefficient (Wildman–Crippen LogP) is 2.30. The Labute approximate surface area is 111 Å². The topological polar surface area (TPSA) is 47.9 Å². The fraction of sp³-hybridized carbons (Fsp3) is 0.846. The summed E-state index contributed by atoms with van der Waals surface area (Å²) >= 11 is 0. The van der Waals surface area contributed by atoms with Gasteiger partial charge in [-0.05, 0) is 24.2 Å². The number of hydrogen-bond donors (Lipinski definition) is 1. The highest BCUT2D eigenvalue weighted by Gasteiger charge is 2.38. The Morgan fingerprint density at radius 1 is 1.28 bits per heavy atom. The molecule has 4 nitrogen and oxygen atoms in total. The Morgan fingerprint density at radius 2 is 1.89 bits per heavy atom. The Kier molecular flexibility index (Phi) is 5.14. The van der Waals surface area contributed by atoms with Crippen LogP contribution in [-0.2, 0) is 13.9 Å². The largest absolute Gasteiger partial charge is 0.414 e. The van der Waals surface area contributed by atoms with Gasteiger partial charge in [0.1, 0.15) is 12.2 Å². The maximum absolute atomic E-state index is 9.85. The predicted molar refractivity (Wildman–Crippen MR) is 74.0 cm³/mol. The number of rotatable bonds is 4. The summed E-state index contributed by atoms with van der Waals surface area (Å²) in [6.07, 6.45) is 2.06. The minimum Gasteiger partial charge on any atom is -0.414 e. The van der Waals surface area contributed by atoms with Crippen LogP contribution in [0.25, 0.3) is 0 Å². The number of ether oxygens (including phenoxy) is 2. The molecule has 1 heterocycles. The molecular weight excluding hydrogens is 248 g/mol. The van der Waals surface area contributed by atoms with E-state index in [1.807, 2.05) is 0 Å². The first-order valence-corrected chi connectivity index (χ1v) is 9.27. The van der Waals surface area contributed by atoms with E-state index in [4.69, 9.17) is 13.9 Å². The van der Waals surface area contributed by atoms with Gasteiger partial charge in [0.2, 0.25) is 0 Å². The van der Waals surface area contributed by atoms with Crippen LogP contribution >= 0.6 is 0 Å². The molecular formula is C13H26O4Si. The zero-order valence-electron chi connectivity index (χ0n) is 12.3. The minimum atomic E-state index is -1.81. The van der Waals surface area contributed by atoms with Crippen molar-refractivity contribution in [2.24, 2.45) is 0 Å². The third-order valence-electron chi connectivity index (χ3n) is 3.80. The Balaban J connectivity index is 2.56. The van der Waals surface area contributed by atoms with Gasteiger partial charge in [-0.2, -0.15) is 0 Å². The third kappa shape index (κ3) is 3.90. The van der Waals surface area contributed by atoms with Gasteiger partial charge < -0.3 is 19.0 Å². The molecule has 0 saturated heterocycles. The van der Waals surface area contributed by atoms with Crippen molar-refractivity contribution in [3.05, 3.63) is 12.2 Å². The average Bonchev–Trinajstić information content (AvgIpc) is 2.26. The SMILES string of the molecule is COC1C=C[C@H](O)[C@@H](CO[Si](C)(C)C(C)(C)C)O1. The molecule has 0 aromatic heterocycles. The van der Waals surface area contributed by atoms with Gasteiger partial charge in [0.15, 0.2) is 14.6 Å².